The van der Waals surface area contributed by atoms with Crippen molar-refractivity contribution in [2.75, 3.05) is 0 Å². The lowest BCUT2D eigenvalue weighted by Crippen LogP contribution is -2.33. The maximum atomic E-state index is 11.0. The van der Waals surface area contributed by atoms with Gasteiger partial charge in [-0.1, -0.05) is 25.0 Å². The van der Waals surface area contributed by atoms with E-state index in [0.717, 1.165) is 12.0 Å². The van der Waals surface area contributed by atoms with E-state index in [9.17, 15) is 4.79 Å². The molecule has 0 bridgehead atoms. The minimum absolute atomic E-state index is 0.0244. The van der Waals surface area contributed by atoms with Crippen molar-refractivity contribution in [1.29, 1.82) is 0 Å². The lowest BCUT2D eigenvalue weighted by atomic mass is 9.89. The van der Waals surface area contributed by atoms with Gasteiger partial charge >= 0.3 is 5.97 Å². The molecule has 0 aromatic rings. The van der Waals surface area contributed by atoms with Crippen LogP contribution in [0.4, 0.5) is 0 Å². The fourth-order valence-electron chi connectivity index (χ4n) is 2.14. The SMILES string of the molecule is C#CC(C)(OC(C)=O)[C@H]1C[C@]1(C)C(=C)C. The molecular formula is C13H18O2. The third kappa shape index (κ3) is 1.92. The number of hydrogen-bond donors (Lipinski definition) is 0. The zero-order valence-electron chi connectivity index (χ0n) is 9.89. The van der Waals surface area contributed by atoms with Gasteiger partial charge in [-0.25, -0.2) is 0 Å². The van der Waals surface area contributed by atoms with Gasteiger partial charge in [-0.05, 0) is 25.7 Å². The second-order valence-electron chi connectivity index (χ2n) is 4.80. The molecule has 0 aliphatic heterocycles. The zero-order chi connectivity index (χ0) is 11.9. The molecule has 0 radical (unpaired) electrons. The van der Waals surface area contributed by atoms with Gasteiger partial charge in [-0.2, -0.15) is 0 Å². The maximum absolute atomic E-state index is 11.0. The number of hydrogen-bond acceptors (Lipinski definition) is 2. The van der Waals surface area contributed by atoms with Crippen molar-refractivity contribution < 1.29 is 9.53 Å². The van der Waals surface area contributed by atoms with E-state index in [2.05, 4.69) is 19.4 Å². The quantitative estimate of drug-likeness (QED) is 0.403. The summed E-state index contributed by atoms with van der Waals surface area (Å²) in [5.41, 5.74) is 0.331. The first-order valence-electron chi connectivity index (χ1n) is 5.09. The molecule has 3 atom stereocenters. The molecule has 15 heavy (non-hydrogen) atoms. The van der Waals surface area contributed by atoms with Crippen LogP contribution in [0.25, 0.3) is 0 Å². The van der Waals surface area contributed by atoms with E-state index in [1.165, 1.54) is 6.92 Å². The van der Waals surface area contributed by atoms with E-state index >= 15 is 0 Å². The molecule has 2 nitrogen and oxygen atoms in total. The molecule has 0 N–H and O–H groups in total. The van der Waals surface area contributed by atoms with Crippen molar-refractivity contribution >= 4 is 5.97 Å². The van der Waals surface area contributed by atoms with E-state index in [1.54, 1.807) is 6.92 Å². The summed E-state index contributed by atoms with van der Waals surface area (Å²) >= 11 is 0. The molecule has 82 valence electrons. The Labute approximate surface area is 91.7 Å². The van der Waals surface area contributed by atoms with Gasteiger partial charge in [-0.3, -0.25) is 4.79 Å². The Morgan fingerprint density at radius 1 is 1.67 bits per heavy atom. The van der Waals surface area contributed by atoms with Crippen molar-refractivity contribution in [2.45, 2.75) is 39.7 Å². The topological polar surface area (TPSA) is 26.3 Å². The molecule has 2 heteroatoms. The van der Waals surface area contributed by atoms with Crippen molar-refractivity contribution in [2.24, 2.45) is 11.3 Å². The highest BCUT2D eigenvalue weighted by molar-refractivity contribution is 5.67. The summed E-state index contributed by atoms with van der Waals surface area (Å²) in [5.74, 6) is 2.46. The summed E-state index contributed by atoms with van der Waals surface area (Å²) in [7, 11) is 0. The lowest BCUT2D eigenvalue weighted by molar-refractivity contribution is -0.152. The van der Waals surface area contributed by atoms with Crippen LogP contribution in [-0.4, -0.2) is 11.6 Å². The summed E-state index contributed by atoms with van der Waals surface area (Å²) in [5, 5.41) is 0. The Balaban J connectivity index is 2.85. The molecule has 1 rings (SSSR count). The van der Waals surface area contributed by atoms with Crippen LogP contribution in [0.5, 0.6) is 0 Å². The molecule has 1 fully saturated rings. The normalized spacial score (nSPS) is 32.3. The van der Waals surface area contributed by atoms with Crippen LogP contribution in [-0.2, 0) is 9.53 Å². The Morgan fingerprint density at radius 3 is 2.47 bits per heavy atom. The Morgan fingerprint density at radius 2 is 2.20 bits per heavy atom. The predicted octanol–water partition coefficient (Wildman–Crippen LogP) is 2.54. The second-order valence-corrected chi connectivity index (χ2v) is 4.80. The molecule has 1 aliphatic rings. The van der Waals surface area contributed by atoms with Gasteiger partial charge in [0.2, 0.25) is 0 Å². The first-order valence-corrected chi connectivity index (χ1v) is 5.09. The fraction of sp³-hybridized carbons (Fsp3) is 0.615. The van der Waals surface area contributed by atoms with E-state index < -0.39 is 5.60 Å². The smallest absolute Gasteiger partial charge is 0.304 e. The number of terminal acetylenes is 1. The van der Waals surface area contributed by atoms with Gasteiger partial charge in [0.05, 0.1) is 0 Å². The summed E-state index contributed by atoms with van der Waals surface area (Å²) < 4.78 is 5.24. The van der Waals surface area contributed by atoms with E-state index in [1.807, 2.05) is 6.92 Å². The van der Waals surface area contributed by atoms with E-state index in [0.29, 0.717) is 0 Å². The van der Waals surface area contributed by atoms with Crippen LogP contribution in [0.2, 0.25) is 0 Å². The average Bonchev–Trinajstić information content (AvgIpc) is 2.79. The monoisotopic (exact) mass is 206 g/mol. The molecule has 0 saturated heterocycles. The highest BCUT2D eigenvalue weighted by Gasteiger charge is 2.60. The van der Waals surface area contributed by atoms with Crippen molar-refractivity contribution in [3.63, 3.8) is 0 Å². The van der Waals surface area contributed by atoms with Gasteiger partial charge in [0.1, 0.15) is 0 Å². The maximum Gasteiger partial charge on any atom is 0.304 e. The van der Waals surface area contributed by atoms with Crippen LogP contribution >= 0.6 is 0 Å². The first kappa shape index (κ1) is 11.8. The number of carbonyl (C=O) groups excluding carboxylic acids is 1. The number of esters is 1. The molecule has 0 spiro atoms. The molecule has 1 aliphatic carbocycles. The molecule has 0 amide bonds. The van der Waals surface area contributed by atoms with Crippen LogP contribution in [0.3, 0.4) is 0 Å². The standard InChI is InChI=1S/C13H18O2/c1-7-13(6,15-10(4)14)11-8-12(11,5)9(2)3/h1,11H,2,8H2,3-6H3/t11-,12+,13?/m0/s1. The molecule has 1 saturated carbocycles. The number of ether oxygens (including phenoxy) is 1. The van der Waals surface area contributed by atoms with Gasteiger partial charge in [-0.15, -0.1) is 6.42 Å². The summed E-state index contributed by atoms with van der Waals surface area (Å²) in [6.45, 7) is 11.2. The molecule has 0 aromatic carbocycles. The Kier molecular flexibility index (Phi) is 2.69. The number of carbonyl (C=O) groups is 1. The number of allylic oxidation sites excluding steroid dienone is 1. The lowest BCUT2D eigenvalue weighted by Gasteiger charge is -2.26. The first-order chi connectivity index (χ1) is 6.76. The van der Waals surface area contributed by atoms with Crippen molar-refractivity contribution in [1.82, 2.24) is 0 Å². The largest absolute Gasteiger partial charge is 0.446 e. The van der Waals surface area contributed by atoms with Crippen LogP contribution in [0.15, 0.2) is 12.2 Å². The minimum atomic E-state index is -0.792. The highest BCUT2D eigenvalue weighted by Crippen LogP contribution is 2.62. The van der Waals surface area contributed by atoms with Gasteiger partial charge in [0, 0.05) is 12.8 Å². The third-order valence-electron chi connectivity index (χ3n) is 3.52. The zero-order valence-corrected chi connectivity index (χ0v) is 9.89. The summed E-state index contributed by atoms with van der Waals surface area (Å²) in [4.78, 5) is 11.0. The molecule has 1 unspecified atom stereocenters. The van der Waals surface area contributed by atoms with Gasteiger partial charge in [0.25, 0.3) is 0 Å². The van der Waals surface area contributed by atoms with Crippen LogP contribution in [0, 0.1) is 23.7 Å². The van der Waals surface area contributed by atoms with E-state index in [4.69, 9.17) is 11.2 Å². The number of rotatable bonds is 3. The molecule has 0 heterocycles. The third-order valence-corrected chi connectivity index (χ3v) is 3.52. The van der Waals surface area contributed by atoms with Crippen LogP contribution in [0.1, 0.15) is 34.1 Å². The average molecular weight is 206 g/mol. The Bertz CT molecular complexity index is 350. The molecular weight excluding hydrogens is 188 g/mol. The van der Waals surface area contributed by atoms with Gasteiger partial charge in [0.15, 0.2) is 5.60 Å². The summed E-state index contributed by atoms with van der Waals surface area (Å²) in [6.07, 6.45) is 6.40. The van der Waals surface area contributed by atoms with Crippen molar-refractivity contribution in [3.8, 4) is 12.3 Å². The Hall–Kier alpha value is -1.23. The van der Waals surface area contributed by atoms with Gasteiger partial charge < -0.3 is 4.74 Å². The molecule has 0 aromatic heterocycles. The second kappa shape index (κ2) is 3.41. The fourth-order valence-corrected chi connectivity index (χ4v) is 2.14. The van der Waals surface area contributed by atoms with Crippen LogP contribution < -0.4 is 0 Å². The summed E-state index contributed by atoms with van der Waals surface area (Å²) in [6, 6.07) is 0. The van der Waals surface area contributed by atoms with Crippen molar-refractivity contribution in [3.05, 3.63) is 12.2 Å². The minimum Gasteiger partial charge on any atom is -0.446 e. The highest BCUT2D eigenvalue weighted by atomic mass is 16.6. The predicted molar refractivity (Wildman–Crippen MR) is 60.0 cm³/mol. The van der Waals surface area contributed by atoms with E-state index in [-0.39, 0.29) is 17.3 Å².